The molecule has 1 aromatic carbocycles. The van der Waals surface area contributed by atoms with Crippen LogP contribution >= 0.6 is 15.9 Å². The van der Waals surface area contributed by atoms with Gasteiger partial charge in [-0.05, 0) is 30.7 Å². The van der Waals surface area contributed by atoms with Crippen LogP contribution < -0.4 is 14.8 Å². The van der Waals surface area contributed by atoms with E-state index in [4.69, 9.17) is 9.47 Å². The number of benzene rings is 1. The maximum absolute atomic E-state index is 5.40. The van der Waals surface area contributed by atoms with Crippen LogP contribution in [0, 0.1) is 0 Å². The first kappa shape index (κ1) is 15.6. The topological polar surface area (TPSA) is 33.7 Å². The summed E-state index contributed by atoms with van der Waals surface area (Å²) in [6.45, 7) is 6.45. The lowest BCUT2D eigenvalue weighted by Gasteiger charge is -2.38. The smallest absolute Gasteiger partial charge is 0.161 e. The first-order valence-corrected chi connectivity index (χ1v) is 7.84. The van der Waals surface area contributed by atoms with Gasteiger partial charge in [-0.25, -0.2) is 0 Å². The van der Waals surface area contributed by atoms with Gasteiger partial charge in [0.1, 0.15) is 0 Å². The summed E-state index contributed by atoms with van der Waals surface area (Å²) >= 11 is 3.64. The monoisotopic (exact) mass is 342 g/mol. The van der Waals surface area contributed by atoms with Crippen LogP contribution in [0.4, 0.5) is 0 Å². The molecular formula is C15H23BrN2O2. The molecular weight excluding hydrogens is 320 g/mol. The van der Waals surface area contributed by atoms with Gasteiger partial charge in [0.2, 0.25) is 0 Å². The molecule has 1 heterocycles. The number of hydrogen-bond donors (Lipinski definition) is 1. The molecule has 1 aromatic rings. The number of nitrogens with zero attached hydrogens (tertiary/aromatic N) is 1. The Labute approximate surface area is 129 Å². The highest BCUT2D eigenvalue weighted by atomic mass is 79.9. The van der Waals surface area contributed by atoms with Gasteiger partial charge in [0, 0.05) is 30.1 Å². The van der Waals surface area contributed by atoms with Crippen LogP contribution in [0.2, 0.25) is 0 Å². The number of ether oxygens (including phenoxy) is 2. The molecule has 0 saturated carbocycles. The van der Waals surface area contributed by atoms with Crippen molar-refractivity contribution >= 4 is 15.9 Å². The summed E-state index contributed by atoms with van der Waals surface area (Å²) in [4.78, 5) is 2.53. The Morgan fingerprint density at radius 1 is 1.25 bits per heavy atom. The summed E-state index contributed by atoms with van der Waals surface area (Å²) in [5.74, 6) is 1.55. The van der Waals surface area contributed by atoms with E-state index in [0.717, 1.165) is 42.2 Å². The maximum atomic E-state index is 5.40. The van der Waals surface area contributed by atoms with Crippen molar-refractivity contribution in [3.63, 3.8) is 0 Å². The second-order valence-corrected chi connectivity index (χ2v) is 5.94. The minimum Gasteiger partial charge on any atom is -0.493 e. The third kappa shape index (κ3) is 3.45. The Morgan fingerprint density at radius 2 is 1.90 bits per heavy atom. The molecule has 1 N–H and O–H groups in total. The molecule has 0 atom stereocenters. The SMILES string of the molecule is CCCN(Cc1cc(OC)c(OC)cc1Br)C1CNC1. The number of halogens is 1. The third-order valence-corrected chi connectivity index (χ3v) is 4.45. The Balaban J connectivity index is 2.17. The summed E-state index contributed by atoms with van der Waals surface area (Å²) < 4.78 is 11.8. The molecule has 1 saturated heterocycles. The number of rotatable bonds is 7. The molecule has 5 heteroatoms. The van der Waals surface area contributed by atoms with E-state index in [2.05, 4.69) is 39.1 Å². The Hall–Kier alpha value is -0.780. The summed E-state index contributed by atoms with van der Waals surface area (Å²) in [6.07, 6.45) is 1.17. The van der Waals surface area contributed by atoms with Crippen molar-refractivity contribution in [3.8, 4) is 11.5 Å². The number of nitrogens with one attached hydrogen (secondary N) is 1. The number of hydrogen-bond acceptors (Lipinski definition) is 4. The lowest BCUT2D eigenvalue weighted by molar-refractivity contribution is 0.137. The molecule has 0 amide bonds. The van der Waals surface area contributed by atoms with Gasteiger partial charge >= 0.3 is 0 Å². The fourth-order valence-corrected chi connectivity index (χ4v) is 2.89. The molecule has 1 aliphatic rings. The summed E-state index contributed by atoms with van der Waals surface area (Å²) in [5, 5.41) is 3.34. The Bertz CT molecular complexity index is 450. The molecule has 0 spiro atoms. The Morgan fingerprint density at radius 3 is 2.40 bits per heavy atom. The van der Waals surface area contributed by atoms with Crippen LogP contribution in [0.3, 0.4) is 0 Å². The standard InChI is InChI=1S/C15H23BrN2O2/c1-4-5-18(12-8-17-9-12)10-11-6-14(19-2)15(20-3)7-13(11)16/h6-7,12,17H,4-5,8-10H2,1-3H3. The van der Waals surface area contributed by atoms with Crippen molar-refractivity contribution in [2.24, 2.45) is 0 Å². The van der Waals surface area contributed by atoms with Crippen molar-refractivity contribution < 1.29 is 9.47 Å². The average Bonchev–Trinajstić information content (AvgIpc) is 2.38. The molecule has 1 aliphatic heterocycles. The van der Waals surface area contributed by atoms with Gasteiger partial charge in [0.25, 0.3) is 0 Å². The first-order chi connectivity index (χ1) is 9.69. The summed E-state index contributed by atoms with van der Waals surface area (Å²) in [7, 11) is 3.34. The second-order valence-electron chi connectivity index (χ2n) is 5.08. The molecule has 0 bridgehead atoms. The van der Waals surface area contributed by atoms with Crippen LogP contribution in [0.5, 0.6) is 11.5 Å². The predicted octanol–water partition coefficient (Wildman–Crippen LogP) is 2.65. The van der Waals surface area contributed by atoms with E-state index in [1.807, 2.05) is 6.07 Å². The fourth-order valence-electron chi connectivity index (χ4n) is 2.45. The first-order valence-electron chi connectivity index (χ1n) is 7.04. The van der Waals surface area contributed by atoms with E-state index in [1.54, 1.807) is 14.2 Å². The van der Waals surface area contributed by atoms with Gasteiger partial charge in [0.15, 0.2) is 11.5 Å². The van der Waals surface area contributed by atoms with Gasteiger partial charge in [-0.15, -0.1) is 0 Å². The zero-order valence-electron chi connectivity index (χ0n) is 12.4. The lowest BCUT2D eigenvalue weighted by Crippen LogP contribution is -2.57. The van der Waals surface area contributed by atoms with Crippen LogP contribution in [0.25, 0.3) is 0 Å². The van der Waals surface area contributed by atoms with E-state index >= 15 is 0 Å². The van der Waals surface area contributed by atoms with Crippen LogP contribution in [0.1, 0.15) is 18.9 Å². The zero-order chi connectivity index (χ0) is 14.5. The largest absolute Gasteiger partial charge is 0.493 e. The highest BCUT2D eigenvalue weighted by Gasteiger charge is 2.24. The van der Waals surface area contributed by atoms with Crippen molar-refractivity contribution in [3.05, 3.63) is 22.2 Å². The normalized spacial score (nSPS) is 15.2. The van der Waals surface area contributed by atoms with Crippen molar-refractivity contribution in [2.45, 2.75) is 25.9 Å². The van der Waals surface area contributed by atoms with Crippen molar-refractivity contribution in [1.82, 2.24) is 10.2 Å². The van der Waals surface area contributed by atoms with Gasteiger partial charge in [0.05, 0.1) is 14.2 Å². The molecule has 1 fully saturated rings. The predicted molar refractivity (Wildman–Crippen MR) is 84.6 cm³/mol. The maximum Gasteiger partial charge on any atom is 0.161 e. The Kier molecular flexibility index (Phi) is 5.69. The van der Waals surface area contributed by atoms with Crippen molar-refractivity contribution in [2.75, 3.05) is 33.9 Å². The number of methoxy groups -OCH3 is 2. The van der Waals surface area contributed by atoms with E-state index in [9.17, 15) is 0 Å². The van der Waals surface area contributed by atoms with E-state index < -0.39 is 0 Å². The van der Waals surface area contributed by atoms with Crippen LogP contribution in [-0.2, 0) is 6.54 Å². The van der Waals surface area contributed by atoms with E-state index in [-0.39, 0.29) is 0 Å². The van der Waals surface area contributed by atoms with Gasteiger partial charge in [-0.1, -0.05) is 22.9 Å². The van der Waals surface area contributed by atoms with Gasteiger partial charge in [-0.2, -0.15) is 0 Å². The summed E-state index contributed by atoms with van der Waals surface area (Å²) in [6, 6.07) is 4.70. The molecule has 0 aliphatic carbocycles. The second kappa shape index (κ2) is 7.29. The molecule has 0 unspecified atom stereocenters. The molecule has 20 heavy (non-hydrogen) atoms. The average molecular weight is 343 g/mol. The molecule has 4 nitrogen and oxygen atoms in total. The van der Waals surface area contributed by atoms with Gasteiger partial charge < -0.3 is 14.8 Å². The van der Waals surface area contributed by atoms with Crippen LogP contribution in [0.15, 0.2) is 16.6 Å². The minimum atomic E-state index is 0.648. The van der Waals surface area contributed by atoms with E-state index in [0.29, 0.717) is 6.04 Å². The summed E-state index contributed by atoms with van der Waals surface area (Å²) in [5.41, 5.74) is 1.24. The molecule has 2 rings (SSSR count). The lowest BCUT2D eigenvalue weighted by atomic mass is 10.1. The minimum absolute atomic E-state index is 0.648. The van der Waals surface area contributed by atoms with Crippen molar-refractivity contribution in [1.29, 1.82) is 0 Å². The highest BCUT2D eigenvalue weighted by molar-refractivity contribution is 9.10. The highest BCUT2D eigenvalue weighted by Crippen LogP contribution is 2.34. The van der Waals surface area contributed by atoms with E-state index in [1.165, 1.54) is 12.0 Å². The molecule has 112 valence electrons. The molecule has 0 aromatic heterocycles. The quantitative estimate of drug-likeness (QED) is 0.825. The molecule has 0 radical (unpaired) electrons. The van der Waals surface area contributed by atoms with Crippen LogP contribution in [-0.4, -0.2) is 44.8 Å². The van der Waals surface area contributed by atoms with Gasteiger partial charge in [-0.3, -0.25) is 4.90 Å². The zero-order valence-corrected chi connectivity index (χ0v) is 14.0. The fraction of sp³-hybridized carbons (Fsp3) is 0.600. The third-order valence-electron chi connectivity index (χ3n) is 3.71.